The Morgan fingerprint density at radius 2 is 2.21 bits per heavy atom. The molecule has 0 atom stereocenters. The van der Waals surface area contributed by atoms with Crippen molar-refractivity contribution >= 4 is 16.7 Å². The molecule has 0 N–H and O–H groups in total. The number of hydrogen-bond acceptors (Lipinski definition) is 3. The zero-order valence-corrected chi connectivity index (χ0v) is 7.82. The lowest BCUT2D eigenvalue weighted by Crippen LogP contribution is -2.08. The molecule has 0 bridgehead atoms. The maximum absolute atomic E-state index is 11.6. The van der Waals surface area contributed by atoms with Gasteiger partial charge in [-0.15, -0.1) is 0 Å². The number of aromatic nitrogens is 3. The van der Waals surface area contributed by atoms with Crippen LogP contribution in [0, 0.1) is 0 Å². The number of hydrogen-bond donors (Lipinski definition) is 0. The van der Waals surface area contributed by atoms with Crippen LogP contribution < -0.4 is 0 Å². The summed E-state index contributed by atoms with van der Waals surface area (Å²) in [4.78, 5) is 15.7. The van der Waals surface area contributed by atoms with Crippen LogP contribution in [0.25, 0.3) is 10.9 Å². The van der Waals surface area contributed by atoms with Crippen LogP contribution in [-0.2, 0) is 13.5 Å². The summed E-state index contributed by atoms with van der Waals surface area (Å²) in [6, 6.07) is 0. The van der Waals surface area contributed by atoms with E-state index in [2.05, 4.69) is 10.1 Å². The fourth-order valence-electron chi connectivity index (χ4n) is 2.04. The van der Waals surface area contributed by atoms with E-state index < -0.39 is 0 Å². The molecule has 14 heavy (non-hydrogen) atoms. The lowest BCUT2D eigenvalue weighted by atomic mass is 9.96. The minimum atomic E-state index is 0.184. The molecule has 0 aromatic carbocycles. The van der Waals surface area contributed by atoms with Crippen LogP contribution in [0.1, 0.15) is 22.5 Å². The highest BCUT2D eigenvalue weighted by molar-refractivity contribution is 6.09. The average Bonchev–Trinajstić information content (AvgIpc) is 2.52. The summed E-state index contributed by atoms with van der Waals surface area (Å²) >= 11 is 0. The average molecular weight is 187 g/mol. The van der Waals surface area contributed by atoms with Crippen LogP contribution >= 0.6 is 0 Å². The van der Waals surface area contributed by atoms with Gasteiger partial charge in [-0.1, -0.05) is 0 Å². The minimum Gasteiger partial charge on any atom is -0.294 e. The minimum absolute atomic E-state index is 0.184. The van der Waals surface area contributed by atoms with Crippen molar-refractivity contribution < 1.29 is 4.79 Å². The third-order valence-corrected chi connectivity index (χ3v) is 2.72. The number of carbonyl (C=O) groups excluding carboxylic acids is 1. The van der Waals surface area contributed by atoms with Gasteiger partial charge in [-0.2, -0.15) is 5.10 Å². The zero-order chi connectivity index (χ0) is 9.71. The molecule has 0 aliphatic heterocycles. The van der Waals surface area contributed by atoms with Crippen LogP contribution in [0.2, 0.25) is 0 Å². The number of rotatable bonds is 0. The molecule has 4 heteroatoms. The van der Waals surface area contributed by atoms with Crippen molar-refractivity contribution in [3.05, 3.63) is 23.7 Å². The molecule has 0 unspecified atom stereocenters. The van der Waals surface area contributed by atoms with Crippen LogP contribution in [-0.4, -0.2) is 20.5 Å². The van der Waals surface area contributed by atoms with E-state index in [0.717, 1.165) is 28.6 Å². The van der Waals surface area contributed by atoms with Gasteiger partial charge in [0.1, 0.15) is 0 Å². The highest BCUT2D eigenvalue weighted by atomic mass is 16.1. The molecular weight excluding hydrogens is 178 g/mol. The molecule has 2 heterocycles. The van der Waals surface area contributed by atoms with Crippen molar-refractivity contribution in [3.8, 4) is 0 Å². The zero-order valence-electron chi connectivity index (χ0n) is 7.82. The Kier molecular flexibility index (Phi) is 1.32. The van der Waals surface area contributed by atoms with Gasteiger partial charge < -0.3 is 0 Å². The molecule has 2 aromatic heterocycles. The molecule has 0 saturated carbocycles. The first kappa shape index (κ1) is 7.67. The van der Waals surface area contributed by atoms with Gasteiger partial charge in [-0.3, -0.25) is 14.5 Å². The van der Waals surface area contributed by atoms with E-state index in [0.29, 0.717) is 6.42 Å². The summed E-state index contributed by atoms with van der Waals surface area (Å²) < 4.78 is 1.79. The van der Waals surface area contributed by atoms with Gasteiger partial charge in [-0.25, -0.2) is 0 Å². The second-order valence-electron chi connectivity index (χ2n) is 3.57. The predicted octanol–water partition coefficient (Wildman–Crippen LogP) is 1.10. The second kappa shape index (κ2) is 2.41. The van der Waals surface area contributed by atoms with Crippen molar-refractivity contribution in [2.45, 2.75) is 12.8 Å². The topological polar surface area (TPSA) is 47.8 Å². The van der Waals surface area contributed by atoms with Crippen LogP contribution in [0.3, 0.4) is 0 Å². The fourth-order valence-corrected chi connectivity index (χ4v) is 2.04. The summed E-state index contributed by atoms with van der Waals surface area (Å²) in [5.41, 5.74) is 2.71. The van der Waals surface area contributed by atoms with Crippen LogP contribution in [0.5, 0.6) is 0 Å². The maximum Gasteiger partial charge on any atom is 0.165 e. The highest BCUT2D eigenvalue weighted by Crippen LogP contribution is 2.27. The Morgan fingerprint density at radius 3 is 3.07 bits per heavy atom. The molecule has 1 aliphatic carbocycles. The van der Waals surface area contributed by atoms with Crippen molar-refractivity contribution in [2.75, 3.05) is 0 Å². The number of Topliss-reactive ketones (excluding diaryl/α,β-unsaturated/α-hetero) is 1. The fraction of sp³-hybridized carbons (Fsp3) is 0.300. The highest BCUT2D eigenvalue weighted by Gasteiger charge is 2.22. The Bertz CT molecular complexity index is 542. The number of ketones is 1. The lowest BCUT2D eigenvalue weighted by molar-refractivity contribution is 0.0981. The molecule has 4 nitrogen and oxygen atoms in total. The molecule has 3 rings (SSSR count). The molecule has 2 aromatic rings. The van der Waals surface area contributed by atoms with Crippen molar-refractivity contribution in [3.63, 3.8) is 0 Å². The summed E-state index contributed by atoms with van der Waals surface area (Å²) in [6.45, 7) is 0. The quantitative estimate of drug-likeness (QED) is 0.620. The lowest BCUT2D eigenvalue weighted by Gasteiger charge is -2.08. The first-order valence-corrected chi connectivity index (χ1v) is 4.60. The van der Waals surface area contributed by atoms with Gasteiger partial charge >= 0.3 is 0 Å². The van der Waals surface area contributed by atoms with Gasteiger partial charge in [0.2, 0.25) is 0 Å². The molecule has 1 aliphatic rings. The Labute approximate surface area is 80.6 Å². The molecule has 0 amide bonds. The molecule has 0 fully saturated rings. The smallest absolute Gasteiger partial charge is 0.165 e. The first-order chi connectivity index (χ1) is 6.77. The van der Waals surface area contributed by atoms with Crippen LogP contribution in [0.15, 0.2) is 12.4 Å². The van der Waals surface area contributed by atoms with Crippen LogP contribution in [0.4, 0.5) is 0 Å². The number of carbonyl (C=O) groups is 1. The van der Waals surface area contributed by atoms with E-state index in [4.69, 9.17) is 0 Å². The maximum atomic E-state index is 11.6. The third kappa shape index (κ3) is 0.801. The largest absolute Gasteiger partial charge is 0.294 e. The third-order valence-electron chi connectivity index (χ3n) is 2.72. The summed E-state index contributed by atoms with van der Waals surface area (Å²) in [6.07, 6.45) is 4.72. The van der Waals surface area contributed by atoms with Crippen molar-refractivity contribution in [1.82, 2.24) is 14.8 Å². The van der Waals surface area contributed by atoms with E-state index in [1.54, 1.807) is 17.1 Å². The monoisotopic (exact) mass is 187 g/mol. The molecule has 0 saturated heterocycles. The second-order valence-corrected chi connectivity index (χ2v) is 3.57. The Morgan fingerprint density at radius 1 is 1.36 bits per heavy atom. The first-order valence-electron chi connectivity index (χ1n) is 4.60. The Hall–Kier alpha value is -1.71. The normalized spacial score (nSPS) is 15.1. The predicted molar refractivity (Wildman–Crippen MR) is 51.2 cm³/mol. The summed E-state index contributed by atoms with van der Waals surface area (Å²) in [5.74, 6) is 0.184. The van der Waals surface area contributed by atoms with Gasteiger partial charge in [-0.05, 0) is 6.42 Å². The van der Waals surface area contributed by atoms with Crippen molar-refractivity contribution in [2.24, 2.45) is 7.05 Å². The molecule has 0 spiro atoms. The number of pyridine rings is 1. The van der Waals surface area contributed by atoms with Gasteiger partial charge in [0.05, 0.1) is 17.4 Å². The SMILES string of the molecule is Cn1nc2c3c(cncc31)C(=O)CC2. The summed E-state index contributed by atoms with van der Waals surface area (Å²) in [5, 5.41) is 5.38. The Balaban J connectivity index is 2.53. The van der Waals surface area contributed by atoms with Gasteiger partial charge in [0.25, 0.3) is 0 Å². The molecule has 70 valence electrons. The van der Waals surface area contributed by atoms with E-state index in [9.17, 15) is 4.79 Å². The van der Waals surface area contributed by atoms with Gasteiger partial charge in [0.15, 0.2) is 5.78 Å². The van der Waals surface area contributed by atoms with Crippen molar-refractivity contribution in [1.29, 1.82) is 0 Å². The molecule has 0 radical (unpaired) electrons. The standard InChI is InChI=1S/C10H9N3O/c1-13-8-5-11-4-6-9(14)3-2-7(12-13)10(6)8/h4-5H,2-3H2,1H3. The summed E-state index contributed by atoms with van der Waals surface area (Å²) in [7, 11) is 1.88. The van der Waals surface area contributed by atoms with E-state index in [1.807, 2.05) is 7.05 Å². The van der Waals surface area contributed by atoms with E-state index in [1.165, 1.54) is 0 Å². The van der Waals surface area contributed by atoms with Gasteiger partial charge in [0, 0.05) is 30.6 Å². The number of nitrogens with zero attached hydrogens (tertiary/aromatic N) is 3. The van der Waals surface area contributed by atoms with E-state index in [-0.39, 0.29) is 5.78 Å². The van der Waals surface area contributed by atoms with E-state index >= 15 is 0 Å². The number of aryl methyl sites for hydroxylation is 2. The molecular formula is C10H9N3O.